The van der Waals surface area contributed by atoms with E-state index in [2.05, 4.69) is 27.9 Å². The summed E-state index contributed by atoms with van der Waals surface area (Å²) in [6.45, 7) is 1.27. The minimum Gasteiger partial charge on any atom is -0.477 e. The molecule has 0 saturated heterocycles. The maximum absolute atomic E-state index is 10.8. The summed E-state index contributed by atoms with van der Waals surface area (Å²) in [5.41, 5.74) is 0.597. The Morgan fingerprint density at radius 3 is 2.31 bits per heavy atom. The van der Waals surface area contributed by atoms with Gasteiger partial charge in [-0.15, -0.1) is 0 Å². The van der Waals surface area contributed by atoms with Crippen LogP contribution in [0.3, 0.4) is 0 Å². The van der Waals surface area contributed by atoms with Crippen LogP contribution >= 0.6 is 22.6 Å². The van der Waals surface area contributed by atoms with E-state index in [0.717, 1.165) is 9.13 Å². The first kappa shape index (κ1) is 12.7. The zero-order valence-corrected chi connectivity index (χ0v) is 10.7. The van der Waals surface area contributed by atoms with Gasteiger partial charge in [-0.05, 0) is 46.4 Å². The van der Waals surface area contributed by atoms with Crippen LogP contribution in [0.1, 0.15) is 12.5 Å². The second-order valence-electron chi connectivity index (χ2n) is 3.10. The SMILES string of the molecule is CC(=O)N/C(=C/c1ccc(I)cc1)C(=O)O. The molecule has 1 aromatic rings. The van der Waals surface area contributed by atoms with Gasteiger partial charge < -0.3 is 10.4 Å². The Morgan fingerprint density at radius 2 is 1.88 bits per heavy atom. The molecule has 0 unspecified atom stereocenters. The summed E-state index contributed by atoms with van der Waals surface area (Å²) in [5.74, 6) is -1.56. The number of aliphatic carboxylic acids is 1. The van der Waals surface area contributed by atoms with Crippen molar-refractivity contribution in [3.8, 4) is 0 Å². The van der Waals surface area contributed by atoms with Gasteiger partial charge >= 0.3 is 5.97 Å². The lowest BCUT2D eigenvalue weighted by Gasteiger charge is -2.02. The minimum atomic E-state index is -1.16. The van der Waals surface area contributed by atoms with E-state index >= 15 is 0 Å². The number of rotatable bonds is 3. The molecule has 1 rings (SSSR count). The van der Waals surface area contributed by atoms with Crippen LogP contribution in [-0.2, 0) is 9.59 Å². The number of carboxylic acid groups (broad SMARTS) is 1. The molecule has 2 N–H and O–H groups in total. The van der Waals surface area contributed by atoms with E-state index in [-0.39, 0.29) is 5.70 Å². The number of halogens is 1. The maximum atomic E-state index is 10.8. The Morgan fingerprint density at radius 1 is 1.31 bits per heavy atom. The molecule has 1 aromatic carbocycles. The summed E-state index contributed by atoms with van der Waals surface area (Å²) in [7, 11) is 0. The van der Waals surface area contributed by atoms with Crippen LogP contribution in [0.5, 0.6) is 0 Å². The summed E-state index contributed by atoms with van der Waals surface area (Å²) < 4.78 is 1.06. The Kier molecular flexibility index (Phi) is 4.48. The quantitative estimate of drug-likeness (QED) is 0.656. The fourth-order valence-electron chi connectivity index (χ4n) is 1.07. The highest BCUT2D eigenvalue weighted by Crippen LogP contribution is 2.09. The van der Waals surface area contributed by atoms with Crippen molar-refractivity contribution in [2.24, 2.45) is 0 Å². The maximum Gasteiger partial charge on any atom is 0.352 e. The molecule has 0 radical (unpaired) electrons. The molecule has 84 valence electrons. The van der Waals surface area contributed by atoms with Crippen LogP contribution in [0, 0.1) is 3.57 Å². The zero-order chi connectivity index (χ0) is 12.1. The first-order chi connectivity index (χ1) is 7.49. The van der Waals surface area contributed by atoms with Gasteiger partial charge in [-0.3, -0.25) is 4.79 Å². The smallest absolute Gasteiger partial charge is 0.352 e. The fourth-order valence-corrected chi connectivity index (χ4v) is 1.43. The van der Waals surface area contributed by atoms with Crippen LogP contribution < -0.4 is 5.32 Å². The number of carbonyl (C=O) groups excluding carboxylic acids is 1. The summed E-state index contributed by atoms with van der Waals surface area (Å²) in [6, 6.07) is 7.29. The van der Waals surface area contributed by atoms with Crippen molar-refractivity contribution >= 4 is 40.5 Å². The highest BCUT2D eigenvalue weighted by Gasteiger charge is 2.08. The molecular weight excluding hydrogens is 321 g/mol. The van der Waals surface area contributed by atoms with Gasteiger partial charge in [-0.1, -0.05) is 12.1 Å². The van der Waals surface area contributed by atoms with Crippen LogP contribution in [0.25, 0.3) is 6.08 Å². The highest BCUT2D eigenvalue weighted by atomic mass is 127. The van der Waals surface area contributed by atoms with Crippen molar-refractivity contribution in [1.82, 2.24) is 5.32 Å². The molecule has 0 spiro atoms. The van der Waals surface area contributed by atoms with Gasteiger partial charge in [0.1, 0.15) is 5.70 Å². The molecule has 0 aliphatic rings. The van der Waals surface area contributed by atoms with Crippen LogP contribution in [0.2, 0.25) is 0 Å². The third kappa shape index (κ3) is 4.01. The van der Waals surface area contributed by atoms with Crippen molar-refractivity contribution in [3.05, 3.63) is 39.1 Å². The van der Waals surface area contributed by atoms with Crippen LogP contribution in [0.15, 0.2) is 30.0 Å². The van der Waals surface area contributed by atoms with Gasteiger partial charge in [-0.2, -0.15) is 0 Å². The Bertz CT molecular complexity index is 437. The molecule has 16 heavy (non-hydrogen) atoms. The third-order valence-corrected chi connectivity index (χ3v) is 2.44. The molecule has 0 atom stereocenters. The number of nitrogens with one attached hydrogen (secondary N) is 1. The fraction of sp³-hybridized carbons (Fsp3) is 0.0909. The second kappa shape index (κ2) is 5.64. The van der Waals surface area contributed by atoms with Crippen molar-refractivity contribution < 1.29 is 14.7 Å². The zero-order valence-electron chi connectivity index (χ0n) is 8.53. The molecule has 4 nitrogen and oxygen atoms in total. The summed E-state index contributed by atoms with van der Waals surface area (Å²) in [6.07, 6.45) is 1.42. The van der Waals surface area contributed by atoms with E-state index in [1.165, 1.54) is 13.0 Å². The predicted molar refractivity (Wildman–Crippen MR) is 68.6 cm³/mol. The van der Waals surface area contributed by atoms with Crippen LogP contribution in [0.4, 0.5) is 0 Å². The van der Waals surface area contributed by atoms with E-state index < -0.39 is 11.9 Å². The highest BCUT2D eigenvalue weighted by molar-refractivity contribution is 14.1. The Balaban J connectivity index is 2.97. The second-order valence-corrected chi connectivity index (χ2v) is 4.34. The van der Waals surface area contributed by atoms with E-state index in [9.17, 15) is 9.59 Å². The van der Waals surface area contributed by atoms with Gasteiger partial charge in [0.25, 0.3) is 0 Å². The molecule has 0 aromatic heterocycles. The topological polar surface area (TPSA) is 66.4 Å². The predicted octanol–water partition coefficient (Wildman–Crippen LogP) is 1.85. The van der Waals surface area contributed by atoms with E-state index in [4.69, 9.17) is 5.11 Å². The van der Waals surface area contributed by atoms with E-state index in [0.29, 0.717) is 0 Å². The lowest BCUT2D eigenvalue weighted by atomic mass is 10.2. The van der Waals surface area contributed by atoms with Gasteiger partial charge in [0.05, 0.1) is 0 Å². The average Bonchev–Trinajstić information content (AvgIpc) is 2.19. The summed E-state index contributed by atoms with van der Waals surface area (Å²) in [5, 5.41) is 11.1. The first-order valence-electron chi connectivity index (χ1n) is 4.47. The minimum absolute atomic E-state index is 0.131. The lowest BCUT2D eigenvalue weighted by Crippen LogP contribution is -2.24. The molecule has 0 saturated carbocycles. The van der Waals surface area contributed by atoms with Crippen molar-refractivity contribution in [3.63, 3.8) is 0 Å². The standard InChI is InChI=1S/C11H10INO3/c1-7(14)13-10(11(15)16)6-8-2-4-9(12)5-3-8/h2-6H,1H3,(H,13,14)(H,15,16)/b10-6+. The largest absolute Gasteiger partial charge is 0.477 e. The monoisotopic (exact) mass is 331 g/mol. The molecule has 0 aliphatic carbocycles. The number of amides is 1. The molecule has 0 heterocycles. The van der Waals surface area contributed by atoms with E-state index in [1.807, 2.05) is 12.1 Å². The average molecular weight is 331 g/mol. The van der Waals surface area contributed by atoms with Crippen molar-refractivity contribution in [2.45, 2.75) is 6.92 Å². The molecule has 5 heteroatoms. The molecular formula is C11H10INO3. The molecule has 0 bridgehead atoms. The number of carbonyl (C=O) groups is 2. The Hall–Kier alpha value is -1.37. The van der Waals surface area contributed by atoms with Gasteiger partial charge in [-0.25, -0.2) is 4.79 Å². The van der Waals surface area contributed by atoms with Gasteiger partial charge in [0, 0.05) is 10.5 Å². The van der Waals surface area contributed by atoms with Gasteiger partial charge in [0.15, 0.2) is 0 Å². The normalized spacial score (nSPS) is 11.0. The number of benzene rings is 1. The lowest BCUT2D eigenvalue weighted by molar-refractivity contribution is -0.134. The summed E-state index contributed by atoms with van der Waals surface area (Å²) >= 11 is 2.16. The van der Waals surface area contributed by atoms with Crippen LogP contribution in [-0.4, -0.2) is 17.0 Å². The molecule has 0 fully saturated rings. The van der Waals surface area contributed by atoms with Gasteiger partial charge in [0.2, 0.25) is 5.91 Å². The number of carboxylic acids is 1. The number of hydrogen-bond donors (Lipinski definition) is 2. The van der Waals surface area contributed by atoms with Crippen molar-refractivity contribution in [1.29, 1.82) is 0 Å². The molecule has 0 aliphatic heterocycles. The molecule has 1 amide bonds. The summed E-state index contributed by atoms with van der Waals surface area (Å²) in [4.78, 5) is 21.6. The third-order valence-electron chi connectivity index (χ3n) is 1.72. The Labute approximate surface area is 106 Å². The number of hydrogen-bond acceptors (Lipinski definition) is 2. The first-order valence-corrected chi connectivity index (χ1v) is 5.55. The van der Waals surface area contributed by atoms with E-state index in [1.54, 1.807) is 12.1 Å². The van der Waals surface area contributed by atoms with Crippen molar-refractivity contribution in [2.75, 3.05) is 0 Å².